The van der Waals surface area contributed by atoms with Gasteiger partial charge < -0.3 is 16.5 Å². The van der Waals surface area contributed by atoms with E-state index in [-0.39, 0.29) is 6.04 Å². The summed E-state index contributed by atoms with van der Waals surface area (Å²) in [6.07, 6.45) is 0. The molecule has 1 unspecified atom stereocenters. The molecule has 1 aromatic carbocycles. The fourth-order valence-corrected chi connectivity index (χ4v) is 1.95. The molecule has 1 atom stereocenters. The zero-order valence-electron chi connectivity index (χ0n) is 8.46. The number of rotatable bonds is 1. The third-order valence-electron chi connectivity index (χ3n) is 2.52. The lowest BCUT2D eigenvalue weighted by Crippen LogP contribution is -2.05. The number of H-pyrrole nitrogens is 1. The zero-order valence-corrected chi connectivity index (χ0v) is 8.46. The van der Waals surface area contributed by atoms with Gasteiger partial charge in [-0.3, -0.25) is 0 Å². The van der Waals surface area contributed by atoms with Crippen LogP contribution in [0, 0.1) is 6.92 Å². The Morgan fingerprint density at radius 1 is 1.36 bits per heavy atom. The van der Waals surface area contributed by atoms with Gasteiger partial charge >= 0.3 is 0 Å². The number of fused-ring (bicyclic) bond motifs is 1. The minimum Gasteiger partial charge on any atom is -0.399 e. The average Bonchev–Trinajstić information content (AvgIpc) is 2.40. The first-order chi connectivity index (χ1) is 6.59. The normalized spacial score (nSPS) is 13.4. The highest BCUT2D eigenvalue weighted by Gasteiger charge is 2.11. The van der Waals surface area contributed by atoms with Crippen molar-refractivity contribution in [2.75, 3.05) is 5.73 Å². The third kappa shape index (κ3) is 1.26. The molecule has 1 heterocycles. The van der Waals surface area contributed by atoms with Crippen molar-refractivity contribution in [3.05, 3.63) is 29.5 Å². The highest BCUT2D eigenvalue weighted by atomic mass is 14.7. The van der Waals surface area contributed by atoms with Crippen molar-refractivity contribution in [2.24, 2.45) is 5.73 Å². The number of hydrogen-bond donors (Lipinski definition) is 3. The topological polar surface area (TPSA) is 67.8 Å². The predicted octanol–water partition coefficient (Wildman–Crippen LogP) is 2.08. The van der Waals surface area contributed by atoms with Crippen LogP contribution >= 0.6 is 0 Å². The molecule has 0 fully saturated rings. The van der Waals surface area contributed by atoms with Crippen LogP contribution in [0.1, 0.15) is 24.2 Å². The van der Waals surface area contributed by atoms with Gasteiger partial charge in [-0.25, -0.2) is 0 Å². The van der Waals surface area contributed by atoms with Gasteiger partial charge in [-0.1, -0.05) is 0 Å². The van der Waals surface area contributed by atoms with Gasteiger partial charge in [0.1, 0.15) is 0 Å². The Morgan fingerprint density at radius 2 is 2.07 bits per heavy atom. The Morgan fingerprint density at radius 3 is 2.71 bits per heavy atom. The molecule has 0 aliphatic heterocycles. The first-order valence-corrected chi connectivity index (χ1v) is 4.73. The zero-order chi connectivity index (χ0) is 10.3. The second kappa shape index (κ2) is 3.03. The van der Waals surface area contributed by atoms with E-state index in [1.807, 2.05) is 32.0 Å². The van der Waals surface area contributed by atoms with Gasteiger partial charge in [-0.2, -0.15) is 0 Å². The summed E-state index contributed by atoms with van der Waals surface area (Å²) in [5.41, 5.74) is 15.8. The van der Waals surface area contributed by atoms with Crippen molar-refractivity contribution >= 4 is 16.6 Å². The minimum atomic E-state index is 0.0329. The van der Waals surface area contributed by atoms with Crippen molar-refractivity contribution in [1.82, 2.24) is 4.98 Å². The van der Waals surface area contributed by atoms with Crippen molar-refractivity contribution in [2.45, 2.75) is 19.9 Å². The summed E-state index contributed by atoms with van der Waals surface area (Å²) in [6.45, 7) is 4.02. The molecule has 0 amide bonds. The number of anilines is 1. The molecule has 3 nitrogen and oxygen atoms in total. The number of aryl methyl sites for hydroxylation is 1. The van der Waals surface area contributed by atoms with Crippen molar-refractivity contribution in [3.8, 4) is 0 Å². The standard InChI is InChI=1S/C11H15N3/c1-6(12)11-7(2)14-10-4-3-8(13)5-9(10)11/h3-6,14H,12-13H2,1-2H3. The van der Waals surface area contributed by atoms with Crippen LogP contribution in [0.2, 0.25) is 0 Å². The van der Waals surface area contributed by atoms with Crippen molar-refractivity contribution < 1.29 is 0 Å². The number of benzene rings is 1. The van der Waals surface area contributed by atoms with Crippen LogP contribution < -0.4 is 11.5 Å². The summed E-state index contributed by atoms with van der Waals surface area (Å²) in [4.78, 5) is 3.30. The number of nitrogens with two attached hydrogens (primary N) is 2. The highest BCUT2D eigenvalue weighted by molar-refractivity contribution is 5.87. The molecule has 2 rings (SSSR count). The first kappa shape index (κ1) is 9.09. The van der Waals surface area contributed by atoms with Crippen LogP contribution in [-0.2, 0) is 0 Å². The van der Waals surface area contributed by atoms with Gasteiger partial charge in [0.05, 0.1) is 0 Å². The van der Waals surface area contributed by atoms with Crippen LogP contribution in [0.5, 0.6) is 0 Å². The molecule has 2 aromatic rings. The molecular formula is C11H15N3. The van der Waals surface area contributed by atoms with E-state index >= 15 is 0 Å². The van der Waals surface area contributed by atoms with E-state index in [0.717, 1.165) is 27.8 Å². The number of hydrogen-bond acceptors (Lipinski definition) is 2. The molecule has 5 N–H and O–H groups in total. The molecular weight excluding hydrogens is 174 g/mol. The van der Waals surface area contributed by atoms with E-state index in [0.29, 0.717) is 0 Å². The molecule has 0 saturated carbocycles. The monoisotopic (exact) mass is 189 g/mol. The largest absolute Gasteiger partial charge is 0.399 e. The van der Waals surface area contributed by atoms with E-state index in [4.69, 9.17) is 11.5 Å². The molecule has 1 aromatic heterocycles. The quantitative estimate of drug-likeness (QED) is 0.601. The molecule has 0 saturated heterocycles. The van der Waals surface area contributed by atoms with Gasteiger partial charge in [-0.15, -0.1) is 0 Å². The van der Waals surface area contributed by atoms with Crippen molar-refractivity contribution in [1.29, 1.82) is 0 Å². The fourth-order valence-electron chi connectivity index (χ4n) is 1.95. The maximum atomic E-state index is 5.91. The number of aromatic amines is 1. The van der Waals surface area contributed by atoms with Gasteiger partial charge in [-0.05, 0) is 37.6 Å². The predicted molar refractivity (Wildman–Crippen MR) is 60.1 cm³/mol. The van der Waals surface area contributed by atoms with Crippen LogP contribution in [0.15, 0.2) is 18.2 Å². The molecule has 74 valence electrons. The lowest BCUT2D eigenvalue weighted by atomic mass is 10.0. The summed E-state index contributed by atoms with van der Waals surface area (Å²) >= 11 is 0. The van der Waals surface area contributed by atoms with Crippen LogP contribution in [0.4, 0.5) is 5.69 Å². The van der Waals surface area contributed by atoms with Gasteiger partial charge in [0, 0.05) is 28.3 Å². The SMILES string of the molecule is Cc1[nH]c2ccc(N)cc2c1C(C)N. The Hall–Kier alpha value is -1.48. The fraction of sp³-hybridized carbons (Fsp3) is 0.273. The smallest absolute Gasteiger partial charge is 0.0461 e. The van der Waals surface area contributed by atoms with Crippen LogP contribution in [-0.4, -0.2) is 4.98 Å². The van der Waals surface area contributed by atoms with E-state index in [1.54, 1.807) is 0 Å². The Kier molecular flexibility index (Phi) is 1.97. The lowest BCUT2D eigenvalue weighted by molar-refractivity contribution is 0.817. The summed E-state index contributed by atoms with van der Waals surface area (Å²) in [5.74, 6) is 0. The van der Waals surface area contributed by atoms with Crippen molar-refractivity contribution in [3.63, 3.8) is 0 Å². The molecule has 0 bridgehead atoms. The van der Waals surface area contributed by atoms with E-state index < -0.39 is 0 Å². The Balaban J connectivity index is 2.79. The lowest BCUT2D eigenvalue weighted by Gasteiger charge is -2.05. The van der Waals surface area contributed by atoms with Gasteiger partial charge in [0.15, 0.2) is 0 Å². The number of aromatic nitrogens is 1. The molecule has 0 aliphatic carbocycles. The average molecular weight is 189 g/mol. The second-order valence-electron chi connectivity index (χ2n) is 3.76. The van der Waals surface area contributed by atoms with Gasteiger partial charge in [0.25, 0.3) is 0 Å². The maximum Gasteiger partial charge on any atom is 0.0461 e. The van der Waals surface area contributed by atoms with Crippen LogP contribution in [0.3, 0.4) is 0 Å². The first-order valence-electron chi connectivity index (χ1n) is 4.73. The highest BCUT2D eigenvalue weighted by Crippen LogP contribution is 2.27. The Labute approximate surface area is 83.1 Å². The second-order valence-corrected chi connectivity index (χ2v) is 3.76. The number of nitrogen functional groups attached to an aromatic ring is 1. The molecule has 3 heteroatoms. The summed E-state index contributed by atoms with van der Waals surface area (Å²) in [5, 5.41) is 1.14. The van der Waals surface area contributed by atoms with Gasteiger partial charge in [0.2, 0.25) is 0 Å². The maximum absolute atomic E-state index is 5.91. The summed E-state index contributed by atoms with van der Waals surface area (Å²) < 4.78 is 0. The summed E-state index contributed by atoms with van der Waals surface area (Å²) in [6, 6.07) is 5.88. The third-order valence-corrected chi connectivity index (χ3v) is 2.52. The number of nitrogens with one attached hydrogen (secondary N) is 1. The molecule has 0 radical (unpaired) electrons. The molecule has 0 aliphatic rings. The van der Waals surface area contributed by atoms with Crippen LogP contribution in [0.25, 0.3) is 10.9 Å². The van der Waals surface area contributed by atoms with E-state index in [1.165, 1.54) is 0 Å². The summed E-state index contributed by atoms with van der Waals surface area (Å²) in [7, 11) is 0. The molecule has 0 spiro atoms. The molecule has 14 heavy (non-hydrogen) atoms. The van der Waals surface area contributed by atoms with E-state index in [2.05, 4.69) is 4.98 Å². The van der Waals surface area contributed by atoms with E-state index in [9.17, 15) is 0 Å². The Bertz CT molecular complexity index is 469. The minimum absolute atomic E-state index is 0.0329.